The Kier molecular flexibility index (Phi) is 5.19. The van der Waals surface area contributed by atoms with Gasteiger partial charge in [-0.15, -0.1) is 0 Å². The standard InChI is InChI=1S/C21H15F2N5/c1-12-6-7-27-16(8-12)17-18(22)20(26-2)15(11-25)21(19(17)23)28-14-5-3-4-13(9-14)10-24/h3-9,26,28H,1-2H3. The molecule has 5 nitrogen and oxygen atoms in total. The first-order chi connectivity index (χ1) is 13.5. The van der Waals surface area contributed by atoms with Gasteiger partial charge in [-0.1, -0.05) is 6.07 Å². The molecule has 3 aromatic rings. The second kappa shape index (κ2) is 7.73. The van der Waals surface area contributed by atoms with Crippen molar-refractivity contribution >= 4 is 17.1 Å². The summed E-state index contributed by atoms with van der Waals surface area (Å²) in [5.74, 6) is -1.83. The number of aromatic nitrogens is 1. The molecule has 7 heteroatoms. The van der Waals surface area contributed by atoms with Gasteiger partial charge < -0.3 is 10.6 Å². The number of anilines is 3. The number of benzene rings is 2. The first kappa shape index (κ1) is 18.8. The van der Waals surface area contributed by atoms with Gasteiger partial charge in [0.25, 0.3) is 0 Å². The molecule has 1 aromatic heterocycles. The van der Waals surface area contributed by atoms with Crippen molar-refractivity contribution in [3.8, 4) is 23.4 Å². The number of nitrogens with zero attached hydrogens (tertiary/aromatic N) is 3. The quantitative estimate of drug-likeness (QED) is 0.680. The van der Waals surface area contributed by atoms with E-state index >= 15 is 8.78 Å². The van der Waals surface area contributed by atoms with Crippen LogP contribution in [0, 0.1) is 41.2 Å². The number of hydrogen-bond donors (Lipinski definition) is 2. The number of nitrogens with one attached hydrogen (secondary N) is 2. The first-order valence-corrected chi connectivity index (χ1v) is 8.33. The summed E-state index contributed by atoms with van der Waals surface area (Å²) in [5, 5.41) is 24.0. The van der Waals surface area contributed by atoms with E-state index in [0.717, 1.165) is 5.56 Å². The summed E-state index contributed by atoms with van der Waals surface area (Å²) in [6.45, 7) is 1.79. The average Bonchev–Trinajstić information content (AvgIpc) is 2.70. The van der Waals surface area contributed by atoms with Crippen LogP contribution in [0.5, 0.6) is 0 Å². The van der Waals surface area contributed by atoms with Crippen molar-refractivity contribution in [2.45, 2.75) is 6.92 Å². The van der Waals surface area contributed by atoms with Crippen molar-refractivity contribution in [1.29, 1.82) is 10.5 Å². The monoisotopic (exact) mass is 375 g/mol. The van der Waals surface area contributed by atoms with Crippen LogP contribution in [0.15, 0.2) is 42.6 Å². The minimum Gasteiger partial charge on any atom is -0.385 e. The maximum atomic E-state index is 15.4. The Hall–Kier alpha value is -3.97. The molecule has 0 aliphatic heterocycles. The maximum absolute atomic E-state index is 15.4. The molecule has 0 saturated heterocycles. The van der Waals surface area contributed by atoms with E-state index < -0.39 is 11.6 Å². The van der Waals surface area contributed by atoms with Gasteiger partial charge in [-0.05, 0) is 42.8 Å². The lowest BCUT2D eigenvalue weighted by molar-refractivity contribution is 0.593. The topological polar surface area (TPSA) is 84.5 Å². The molecule has 3 rings (SSSR count). The lowest BCUT2D eigenvalue weighted by Gasteiger charge is -2.17. The fraction of sp³-hybridized carbons (Fsp3) is 0.0952. The van der Waals surface area contributed by atoms with Gasteiger partial charge in [0.1, 0.15) is 11.6 Å². The predicted octanol–water partition coefficient (Wildman–Crippen LogP) is 4.86. The van der Waals surface area contributed by atoms with Gasteiger partial charge in [0, 0.05) is 18.9 Å². The van der Waals surface area contributed by atoms with Gasteiger partial charge in [0.2, 0.25) is 0 Å². The minimum absolute atomic E-state index is 0.116. The number of rotatable bonds is 4. The van der Waals surface area contributed by atoms with Crippen LogP contribution >= 0.6 is 0 Å². The zero-order valence-electron chi connectivity index (χ0n) is 15.1. The Morgan fingerprint density at radius 3 is 2.39 bits per heavy atom. The summed E-state index contributed by atoms with van der Waals surface area (Å²) in [7, 11) is 1.45. The Bertz CT molecular complexity index is 1140. The van der Waals surface area contributed by atoms with Crippen LogP contribution in [-0.4, -0.2) is 12.0 Å². The molecular formula is C21H15F2N5. The van der Waals surface area contributed by atoms with Crippen molar-refractivity contribution < 1.29 is 8.78 Å². The third kappa shape index (κ3) is 3.34. The zero-order chi connectivity index (χ0) is 20.3. The predicted molar refractivity (Wildman–Crippen MR) is 103 cm³/mol. The number of aryl methyl sites for hydroxylation is 1. The summed E-state index contributed by atoms with van der Waals surface area (Å²) in [6, 6.07) is 13.5. The number of hydrogen-bond acceptors (Lipinski definition) is 5. The lowest BCUT2D eigenvalue weighted by Crippen LogP contribution is -2.08. The molecule has 0 spiro atoms. The lowest BCUT2D eigenvalue weighted by atomic mass is 10.0. The molecule has 0 aliphatic carbocycles. The number of halogens is 2. The van der Waals surface area contributed by atoms with Gasteiger partial charge in [-0.3, -0.25) is 4.98 Å². The number of nitriles is 2. The van der Waals surface area contributed by atoms with E-state index in [1.54, 1.807) is 37.3 Å². The average molecular weight is 375 g/mol. The first-order valence-electron chi connectivity index (χ1n) is 8.33. The molecule has 0 bridgehead atoms. The molecule has 0 aliphatic rings. The molecule has 0 amide bonds. The van der Waals surface area contributed by atoms with Crippen molar-refractivity contribution in [2.24, 2.45) is 0 Å². The van der Waals surface area contributed by atoms with Crippen LogP contribution < -0.4 is 10.6 Å². The van der Waals surface area contributed by atoms with E-state index in [-0.39, 0.29) is 28.2 Å². The molecule has 0 radical (unpaired) electrons. The molecular weight excluding hydrogens is 360 g/mol. The molecule has 28 heavy (non-hydrogen) atoms. The van der Waals surface area contributed by atoms with Gasteiger partial charge in [0.05, 0.1) is 34.3 Å². The Labute approximate surface area is 160 Å². The van der Waals surface area contributed by atoms with E-state index in [4.69, 9.17) is 5.26 Å². The highest BCUT2D eigenvalue weighted by molar-refractivity contribution is 5.83. The fourth-order valence-electron chi connectivity index (χ4n) is 2.86. The van der Waals surface area contributed by atoms with Crippen LogP contribution in [0.4, 0.5) is 25.8 Å². The second-order valence-electron chi connectivity index (χ2n) is 6.03. The highest BCUT2D eigenvalue weighted by atomic mass is 19.1. The molecule has 2 N–H and O–H groups in total. The summed E-state index contributed by atoms with van der Waals surface area (Å²) < 4.78 is 30.5. The van der Waals surface area contributed by atoms with Crippen LogP contribution in [0.25, 0.3) is 11.3 Å². The van der Waals surface area contributed by atoms with E-state index in [1.165, 1.54) is 19.3 Å². The highest BCUT2D eigenvalue weighted by Crippen LogP contribution is 2.39. The largest absolute Gasteiger partial charge is 0.385 e. The summed E-state index contributed by atoms with van der Waals surface area (Å²) in [6.07, 6.45) is 1.46. The van der Waals surface area contributed by atoms with Crippen molar-refractivity contribution in [3.05, 3.63) is 70.9 Å². The third-order valence-electron chi connectivity index (χ3n) is 4.17. The van der Waals surface area contributed by atoms with Crippen LogP contribution in [0.3, 0.4) is 0 Å². The molecule has 0 saturated carbocycles. The van der Waals surface area contributed by atoms with Crippen molar-refractivity contribution in [1.82, 2.24) is 4.98 Å². The molecule has 2 aromatic carbocycles. The second-order valence-corrected chi connectivity index (χ2v) is 6.03. The van der Waals surface area contributed by atoms with Crippen LogP contribution in [-0.2, 0) is 0 Å². The smallest absolute Gasteiger partial charge is 0.160 e. The maximum Gasteiger partial charge on any atom is 0.160 e. The van der Waals surface area contributed by atoms with Crippen molar-refractivity contribution in [2.75, 3.05) is 17.7 Å². The van der Waals surface area contributed by atoms with Gasteiger partial charge >= 0.3 is 0 Å². The molecule has 0 unspecified atom stereocenters. The third-order valence-corrected chi connectivity index (χ3v) is 4.17. The Morgan fingerprint density at radius 1 is 1.00 bits per heavy atom. The van der Waals surface area contributed by atoms with E-state index in [9.17, 15) is 5.26 Å². The van der Waals surface area contributed by atoms with Crippen molar-refractivity contribution in [3.63, 3.8) is 0 Å². The zero-order valence-corrected chi connectivity index (χ0v) is 15.1. The van der Waals surface area contributed by atoms with Gasteiger partial charge in [0.15, 0.2) is 11.6 Å². The highest BCUT2D eigenvalue weighted by Gasteiger charge is 2.26. The Morgan fingerprint density at radius 2 is 1.75 bits per heavy atom. The summed E-state index contributed by atoms with van der Waals surface area (Å²) >= 11 is 0. The van der Waals surface area contributed by atoms with Gasteiger partial charge in [-0.2, -0.15) is 10.5 Å². The SMILES string of the molecule is CNc1c(F)c(-c2cc(C)ccn2)c(F)c(Nc2cccc(C#N)c2)c1C#N. The molecule has 1 heterocycles. The van der Waals surface area contributed by atoms with E-state index in [2.05, 4.69) is 15.6 Å². The normalized spacial score (nSPS) is 10.1. The minimum atomic E-state index is -0.937. The molecule has 138 valence electrons. The Balaban J connectivity index is 2.28. The summed E-state index contributed by atoms with van der Waals surface area (Å²) in [5.41, 5.74) is 0.775. The molecule has 0 fully saturated rings. The number of pyridine rings is 1. The van der Waals surface area contributed by atoms with Crippen LogP contribution in [0.1, 0.15) is 16.7 Å². The van der Waals surface area contributed by atoms with E-state index in [1.807, 2.05) is 12.1 Å². The summed E-state index contributed by atoms with van der Waals surface area (Å²) in [4.78, 5) is 4.08. The van der Waals surface area contributed by atoms with Gasteiger partial charge in [-0.25, -0.2) is 8.78 Å². The van der Waals surface area contributed by atoms with Crippen LogP contribution in [0.2, 0.25) is 0 Å². The molecule has 0 atom stereocenters. The fourth-order valence-corrected chi connectivity index (χ4v) is 2.86. The van der Waals surface area contributed by atoms with E-state index in [0.29, 0.717) is 11.3 Å².